The van der Waals surface area contributed by atoms with Crippen LogP contribution in [-0.2, 0) is 4.74 Å². The van der Waals surface area contributed by atoms with Gasteiger partial charge in [0.05, 0.1) is 5.60 Å². The first kappa shape index (κ1) is 11.4. The van der Waals surface area contributed by atoms with Crippen molar-refractivity contribution in [1.82, 2.24) is 5.32 Å². The molecule has 15 heavy (non-hydrogen) atoms. The van der Waals surface area contributed by atoms with Gasteiger partial charge in [-0.25, -0.2) is 0 Å². The fourth-order valence-corrected chi connectivity index (χ4v) is 3.06. The van der Waals surface area contributed by atoms with E-state index >= 15 is 0 Å². The van der Waals surface area contributed by atoms with Gasteiger partial charge in [0, 0.05) is 18.7 Å². The molecule has 2 fully saturated rings. The largest absolute Gasteiger partial charge is 0.375 e. The van der Waals surface area contributed by atoms with Crippen molar-refractivity contribution in [3.63, 3.8) is 0 Å². The van der Waals surface area contributed by atoms with Crippen molar-refractivity contribution in [3.05, 3.63) is 0 Å². The maximum absolute atomic E-state index is 6.03. The van der Waals surface area contributed by atoms with Gasteiger partial charge in [0.15, 0.2) is 0 Å². The van der Waals surface area contributed by atoms with Gasteiger partial charge in [-0.2, -0.15) is 0 Å². The van der Waals surface area contributed by atoms with Crippen LogP contribution in [0.3, 0.4) is 0 Å². The predicted molar refractivity (Wildman–Crippen MR) is 63.1 cm³/mol. The molecule has 2 aliphatic rings. The monoisotopic (exact) mass is 211 g/mol. The van der Waals surface area contributed by atoms with E-state index in [4.69, 9.17) is 4.74 Å². The summed E-state index contributed by atoms with van der Waals surface area (Å²) in [5.41, 5.74) is 0.267. The Morgan fingerprint density at radius 1 is 1.40 bits per heavy atom. The minimum atomic E-state index is 0.267. The molecule has 2 unspecified atom stereocenters. The normalized spacial score (nSPS) is 32.0. The standard InChI is InChI=1S/C13H25NO/c1-3-11(2)14-12-6-9-15-13(10-12)7-4-5-8-13/h11-12,14H,3-10H2,1-2H3. The van der Waals surface area contributed by atoms with Crippen LogP contribution in [0.1, 0.15) is 58.8 Å². The quantitative estimate of drug-likeness (QED) is 0.775. The number of hydrogen-bond donors (Lipinski definition) is 1. The van der Waals surface area contributed by atoms with Crippen molar-refractivity contribution in [1.29, 1.82) is 0 Å². The second kappa shape index (κ2) is 4.84. The van der Waals surface area contributed by atoms with Crippen LogP contribution < -0.4 is 5.32 Å². The summed E-state index contributed by atoms with van der Waals surface area (Å²) in [5.74, 6) is 0. The van der Waals surface area contributed by atoms with E-state index in [-0.39, 0.29) is 5.60 Å². The topological polar surface area (TPSA) is 21.3 Å². The van der Waals surface area contributed by atoms with Crippen LogP contribution in [0.15, 0.2) is 0 Å². The van der Waals surface area contributed by atoms with Crippen molar-refractivity contribution in [2.24, 2.45) is 0 Å². The highest BCUT2D eigenvalue weighted by Gasteiger charge is 2.39. The van der Waals surface area contributed by atoms with Crippen molar-refractivity contribution < 1.29 is 4.74 Å². The molecule has 1 saturated carbocycles. The predicted octanol–water partition coefficient (Wildman–Crippen LogP) is 2.87. The third-order valence-corrected chi connectivity index (χ3v) is 4.14. The van der Waals surface area contributed by atoms with Crippen LogP contribution in [0.2, 0.25) is 0 Å². The molecule has 0 aromatic heterocycles. The van der Waals surface area contributed by atoms with E-state index in [1.165, 1.54) is 44.9 Å². The van der Waals surface area contributed by atoms with Crippen LogP contribution in [0, 0.1) is 0 Å². The first-order valence-electron chi connectivity index (χ1n) is 6.64. The van der Waals surface area contributed by atoms with Gasteiger partial charge >= 0.3 is 0 Å². The van der Waals surface area contributed by atoms with Gasteiger partial charge in [-0.05, 0) is 39.0 Å². The Bertz CT molecular complexity index is 199. The molecule has 88 valence electrons. The Balaban J connectivity index is 1.86. The van der Waals surface area contributed by atoms with Crippen LogP contribution in [0.4, 0.5) is 0 Å². The zero-order valence-corrected chi connectivity index (χ0v) is 10.2. The molecule has 2 nitrogen and oxygen atoms in total. The SMILES string of the molecule is CCC(C)NC1CCOC2(CCCC2)C1. The van der Waals surface area contributed by atoms with E-state index in [0.29, 0.717) is 12.1 Å². The molecular weight excluding hydrogens is 186 g/mol. The summed E-state index contributed by atoms with van der Waals surface area (Å²) in [4.78, 5) is 0. The molecule has 0 aromatic rings. The van der Waals surface area contributed by atoms with Crippen LogP contribution in [0.25, 0.3) is 0 Å². The van der Waals surface area contributed by atoms with Crippen molar-refractivity contribution in [3.8, 4) is 0 Å². The minimum absolute atomic E-state index is 0.267. The van der Waals surface area contributed by atoms with E-state index in [2.05, 4.69) is 19.2 Å². The number of rotatable bonds is 3. The van der Waals surface area contributed by atoms with E-state index in [0.717, 1.165) is 6.61 Å². The van der Waals surface area contributed by atoms with Crippen molar-refractivity contribution in [2.75, 3.05) is 6.61 Å². The number of hydrogen-bond acceptors (Lipinski definition) is 2. The summed E-state index contributed by atoms with van der Waals surface area (Å²) in [6.45, 7) is 5.51. The molecule has 2 rings (SSSR count). The molecule has 1 aliphatic carbocycles. The summed E-state index contributed by atoms with van der Waals surface area (Å²) in [7, 11) is 0. The fourth-order valence-electron chi connectivity index (χ4n) is 3.06. The van der Waals surface area contributed by atoms with E-state index < -0.39 is 0 Å². The molecule has 1 N–H and O–H groups in total. The summed E-state index contributed by atoms with van der Waals surface area (Å²) >= 11 is 0. The van der Waals surface area contributed by atoms with Crippen molar-refractivity contribution >= 4 is 0 Å². The van der Waals surface area contributed by atoms with Gasteiger partial charge in [0.2, 0.25) is 0 Å². The molecule has 1 heterocycles. The lowest BCUT2D eigenvalue weighted by molar-refractivity contribution is -0.0845. The van der Waals surface area contributed by atoms with Gasteiger partial charge in [-0.15, -0.1) is 0 Å². The second-order valence-corrected chi connectivity index (χ2v) is 5.40. The average Bonchev–Trinajstić information content (AvgIpc) is 2.66. The molecular formula is C13H25NO. The molecule has 0 amide bonds. The Labute approximate surface area is 93.8 Å². The Kier molecular flexibility index (Phi) is 3.68. The maximum Gasteiger partial charge on any atom is 0.0697 e. The minimum Gasteiger partial charge on any atom is -0.375 e. The first-order chi connectivity index (χ1) is 7.24. The van der Waals surface area contributed by atoms with Gasteiger partial charge in [0.1, 0.15) is 0 Å². The first-order valence-corrected chi connectivity index (χ1v) is 6.64. The lowest BCUT2D eigenvalue weighted by atomic mass is 9.88. The fraction of sp³-hybridized carbons (Fsp3) is 1.00. The number of nitrogens with one attached hydrogen (secondary N) is 1. The molecule has 2 heteroatoms. The summed E-state index contributed by atoms with van der Waals surface area (Å²) in [6.07, 6.45) is 9.01. The van der Waals surface area contributed by atoms with Crippen molar-refractivity contribution in [2.45, 2.75) is 76.5 Å². The second-order valence-electron chi connectivity index (χ2n) is 5.40. The lowest BCUT2D eigenvalue weighted by Gasteiger charge is -2.39. The summed E-state index contributed by atoms with van der Waals surface area (Å²) in [6, 6.07) is 1.36. The number of ether oxygens (including phenoxy) is 1. The third-order valence-electron chi connectivity index (χ3n) is 4.14. The molecule has 1 saturated heterocycles. The van der Waals surface area contributed by atoms with Gasteiger partial charge in [0.25, 0.3) is 0 Å². The lowest BCUT2D eigenvalue weighted by Crippen LogP contribution is -2.47. The molecule has 2 atom stereocenters. The van der Waals surface area contributed by atoms with Gasteiger partial charge in [-0.3, -0.25) is 0 Å². The maximum atomic E-state index is 6.03. The average molecular weight is 211 g/mol. The smallest absolute Gasteiger partial charge is 0.0697 e. The molecule has 1 spiro atoms. The zero-order chi connectivity index (χ0) is 10.7. The molecule has 0 radical (unpaired) electrons. The Morgan fingerprint density at radius 3 is 2.80 bits per heavy atom. The van der Waals surface area contributed by atoms with Crippen LogP contribution in [-0.4, -0.2) is 24.3 Å². The summed E-state index contributed by atoms with van der Waals surface area (Å²) in [5, 5.41) is 3.74. The van der Waals surface area contributed by atoms with Gasteiger partial charge in [-0.1, -0.05) is 19.8 Å². The highest BCUT2D eigenvalue weighted by atomic mass is 16.5. The molecule has 0 bridgehead atoms. The third kappa shape index (κ3) is 2.73. The Hall–Kier alpha value is -0.0800. The Morgan fingerprint density at radius 2 is 2.13 bits per heavy atom. The zero-order valence-electron chi connectivity index (χ0n) is 10.2. The highest BCUT2D eigenvalue weighted by Crippen LogP contribution is 2.40. The molecule has 1 aliphatic heterocycles. The van der Waals surface area contributed by atoms with E-state index in [9.17, 15) is 0 Å². The van der Waals surface area contributed by atoms with E-state index in [1.54, 1.807) is 0 Å². The molecule has 0 aromatic carbocycles. The summed E-state index contributed by atoms with van der Waals surface area (Å²) < 4.78 is 6.03. The highest BCUT2D eigenvalue weighted by molar-refractivity contribution is 4.93. The van der Waals surface area contributed by atoms with Crippen LogP contribution >= 0.6 is 0 Å². The van der Waals surface area contributed by atoms with E-state index in [1.807, 2.05) is 0 Å². The van der Waals surface area contributed by atoms with Gasteiger partial charge < -0.3 is 10.1 Å². The van der Waals surface area contributed by atoms with Crippen LogP contribution in [0.5, 0.6) is 0 Å².